The van der Waals surface area contributed by atoms with E-state index >= 15 is 0 Å². The van der Waals surface area contributed by atoms with Gasteiger partial charge in [0, 0.05) is 29.2 Å². The summed E-state index contributed by atoms with van der Waals surface area (Å²) in [6, 6.07) is 9.70. The van der Waals surface area contributed by atoms with Crippen LogP contribution in [0.2, 0.25) is 0 Å². The molecule has 1 heterocycles. The number of ether oxygens (including phenoxy) is 1. The van der Waals surface area contributed by atoms with Crippen molar-refractivity contribution < 1.29 is 24.2 Å². The maximum atomic E-state index is 12.3. The Morgan fingerprint density at radius 3 is 2.72 bits per heavy atom. The van der Waals surface area contributed by atoms with E-state index in [1.807, 2.05) is 36.4 Å². The number of nitrogens with one attached hydrogen (secondary N) is 1. The Kier molecular flexibility index (Phi) is 5.41. The molecule has 1 saturated heterocycles. The van der Waals surface area contributed by atoms with Gasteiger partial charge < -0.3 is 9.84 Å². The minimum absolute atomic E-state index is 0.0129. The number of benzene rings is 2. The van der Waals surface area contributed by atoms with Crippen molar-refractivity contribution in [3.05, 3.63) is 45.9 Å². The second-order valence-electron chi connectivity index (χ2n) is 7.39. The smallest absolute Gasteiger partial charge is 0.303 e. The van der Waals surface area contributed by atoms with Gasteiger partial charge in [-0.25, -0.2) is 0 Å². The molecular weight excluding hydrogens is 438 g/mol. The Hall–Kier alpha value is -2.67. The van der Waals surface area contributed by atoms with Crippen molar-refractivity contribution in [2.45, 2.75) is 25.7 Å². The quantitative estimate of drug-likeness (QED) is 0.373. The first kappa shape index (κ1) is 19.6. The highest BCUT2D eigenvalue weighted by Gasteiger charge is 2.51. The number of carbonyl (C=O) groups is 3. The number of carbonyl (C=O) groups excluding carboxylic acids is 2. The highest BCUT2D eigenvalue weighted by molar-refractivity contribution is 9.10. The summed E-state index contributed by atoms with van der Waals surface area (Å²) in [5.41, 5.74) is 1.53. The topological polar surface area (TPSA) is 92.7 Å². The van der Waals surface area contributed by atoms with E-state index in [0.717, 1.165) is 27.2 Å². The molecule has 0 bridgehead atoms. The predicted molar refractivity (Wildman–Crippen MR) is 111 cm³/mol. The predicted octanol–water partition coefficient (Wildman–Crippen LogP) is 3.91. The molecule has 2 aromatic carbocycles. The summed E-state index contributed by atoms with van der Waals surface area (Å²) < 4.78 is 6.72. The Balaban J connectivity index is 1.62. The van der Waals surface area contributed by atoms with Crippen LogP contribution in [0.1, 0.15) is 31.2 Å². The average Bonchev–Trinajstić information content (AvgIpc) is 3.48. The van der Waals surface area contributed by atoms with E-state index in [-0.39, 0.29) is 30.1 Å². The Labute approximate surface area is 176 Å². The first-order valence-corrected chi connectivity index (χ1v) is 10.4. The number of halogens is 1. The van der Waals surface area contributed by atoms with Crippen LogP contribution in [0.3, 0.4) is 0 Å². The van der Waals surface area contributed by atoms with Gasteiger partial charge in [-0.3, -0.25) is 19.7 Å². The van der Waals surface area contributed by atoms with Crippen molar-refractivity contribution in [1.29, 1.82) is 0 Å². The lowest BCUT2D eigenvalue weighted by Crippen LogP contribution is -2.37. The summed E-state index contributed by atoms with van der Waals surface area (Å²) >= 11 is 3.57. The number of carboxylic acids is 1. The number of unbranched alkanes of at least 4 members (excludes halogenated alkanes) is 1. The van der Waals surface area contributed by atoms with Gasteiger partial charge in [-0.2, -0.15) is 0 Å². The summed E-state index contributed by atoms with van der Waals surface area (Å²) in [5.74, 6) is -0.658. The third-order valence-corrected chi connectivity index (χ3v) is 5.94. The zero-order valence-corrected chi connectivity index (χ0v) is 17.2. The molecule has 2 amide bonds. The van der Waals surface area contributed by atoms with E-state index in [1.165, 1.54) is 0 Å². The monoisotopic (exact) mass is 457 g/mol. The standard InChI is InChI=1S/C22H20BrNO5/c23-18-10-12(9-16-15-11-17(15)22(28)24-21(16)27)13-5-1-2-6-14(13)20(18)29-8-4-3-7-19(25)26/h1-2,5-6,9-10,15,17H,3-4,7-8,11H2,(H,25,26)(H,24,27,28)/b16-9+. The van der Waals surface area contributed by atoms with Crippen molar-refractivity contribution in [2.24, 2.45) is 11.8 Å². The Morgan fingerprint density at radius 1 is 1.21 bits per heavy atom. The number of fused-ring (bicyclic) bond motifs is 2. The maximum Gasteiger partial charge on any atom is 0.303 e. The number of carboxylic acid groups (broad SMARTS) is 1. The van der Waals surface area contributed by atoms with Gasteiger partial charge in [0.15, 0.2) is 0 Å². The Bertz CT molecular complexity index is 1040. The fourth-order valence-corrected chi connectivity index (χ4v) is 4.35. The van der Waals surface area contributed by atoms with Crippen molar-refractivity contribution in [1.82, 2.24) is 5.32 Å². The third-order valence-electron chi connectivity index (χ3n) is 5.35. The summed E-state index contributed by atoms with van der Waals surface area (Å²) in [6.45, 7) is 0.421. The van der Waals surface area contributed by atoms with Crippen LogP contribution in [-0.4, -0.2) is 29.5 Å². The first-order valence-electron chi connectivity index (χ1n) is 9.58. The van der Waals surface area contributed by atoms with E-state index in [9.17, 15) is 14.4 Å². The van der Waals surface area contributed by atoms with Gasteiger partial charge in [0.1, 0.15) is 5.75 Å². The summed E-state index contributed by atoms with van der Waals surface area (Å²) in [7, 11) is 0. The molecule has 1 aliphatic heterocycles. The normalized spacial score (nSPS) is 21.8. The van der Waals surface area contributed by atoms with E-state index < -0.39 is 5.97 Å². The maximum absolute atomic E-state index is 12.3. The van der Waals surface area contributed by atoms with Gasteiger partial charge in [-0.15, -0.1) is 0 Å². The lowest BCUT2D eigenvalue weighted by Gasteiger charge is -2.16. The van der Waals surface area contributed by atoms with Crippen LogP contribution in [0.15, 0.2) is 40.4 Å². The summed E-state index contributed by atoms with van der Waals surface area (Å²) in [5, 5.41) is 13.0. The SMILES string of the molecule is O=C(O)CCCCOc1c(Br)cc(/C=C2/C(=O)NC(=O)C3CC23)c2ccccc12. The van der Waals surface area contributed by atoms with Crippen molar-refractivity contribution in [3.8, 4) is 5.75 Å². The molecule has 2 unspecified atom stereocenters. The molecule has 2 aliphatic rings. The van der Waals surface area contributed by atoms with E-state index in [1.54, 1.807) is 0 Å². The lowest BCUT2D eigenvalue weighted by atomic mass is 9.97. The second kappa shape index (κ2) is 7.99. The molecule has 2 fully saturated rings. The van der Waals surface area contributed by atoms with Gasteiger partial charge in [-0.1, -0.05) is 24.3 Å². The van der Waals surface area contributed by atoms with E-state index in [4.69, 9.17) is 9.84 Å². The lowest BCUT2D eigenvalue weighted by molar-refractivity contribution is -0.137. The molecule has 2 aromatic rings. The number of hydrogen-bond acceptors (Lipinski definition) is 4. The number of piperidine rings is 1. The van der Waals surface area contributed by atoms with Gasteiger partial charge in [0.05, 0.1) is 11.1 Å². The van der Waals surface area contributed by atoms with E-state index in [2.05, 4.69) is 21.2 Å². The van der Waals surface area contributed by atoms with Crippen LogP contribution < -0.4 is 10.1 Å². The van der Waals surface area contributed by atoms with Crippen LogP contribution in [-0.2, 0) is 14.4 Å². The Morgan fingerprint density at radius 2 is 1.97 bits per heavy atom. The summed E-state index contributed by atoms with van der Waals surface area (Å²) in [6.07, 6.45) is 3.93. The molecule has 0 aromatic heterocycles. The molecule has 6 nitrogen and oxygen atoms in total. The zero-order chi connectivity index (χ0) is 20.5. The highest BCUT2D eigenvalue weighted by Crippen LogP contribution is 2.48. The molecule has 1 saturated carbocycles. The molecule has 29 heavy (non-hydrogen) atoms. The van der Waals surface area contributed by atoms with Gasteiger partial charge in [-0.05, 0) is 58.3 Å². The number of imide groups is 1. The van der Waals surface area contributed by atoms with Crippen molar-refractivity contribution in [2.75, 3.05) is 6.61 Å². The largest absolute Gasteiger partial charge is 0.492 e. The second-order valence-corrected chi connectivity index (χ2v) is 8.24. The highest BCUT2D eigenvalue weighted by atomic mass is 79.9. The average molecular weight is 458 g/mol. The molecular formula is C22H20BrNO5. The molecule has 2 N–H and O–H groups in total. The minimum Gasteiger partial charge on any atom is -0.492 e. The van der Waals surface area contributed by atoms with Crippen LogP contribution in [0.4, 0.5) is 0 Å². The number of aliphatic carboxylic acids is 1. The van der Waals surface area contributed by atoms with Crippen LogP contribution in [0.5, 0.6) is 5.75 Å². The molecule has 1 aliphatic carbocycles. The van der Waals surface area contributed by atoms with E-state index in [0.29, 0.717) is 30.8 Å². The minimum atomic E-state index is -0.805. The summed E-state index contributed by atoms with van der Waals surface area (Å²) in [4.78, 5) is 34.7. The van der Waals surface area contributed by atoms with Crippen LogP contribution >= 0.6 is 15.9 Å². The van der Waals surface area contributed by atoms with Gasteiger partial charge in [0.25, 0.3) is 5.91 Å². The van der Waals surface area contributed by atoms with Crippen molar-refractivity contribution in [3.63, 3.8) is 0 Å². The number of amides is 2. The molecule has 0 radical (unpaired) electrons. The van der Waals surface area contributed by atoms with Gasteiger partial charge >= 0.3 is 5.97 Å². The molecule has 150 valence electrons. The fraction of sp³-hybridized carbons (Fsp3) is 0.318. The first-order chi connectivity index (χ1) is 14.0. The number of hydrogen-bond donors (Lipinski definition) is 2. The zero-order valence-electron chi connectivity index (χ0n) is 15.6. The molecule has 0 spiro atoms. The van der Waals surface area contributed by atoms with Crippen LogP contribution in [0, 0.1) is 11.8 Å². The molecule has 7 heteroatoms. The third kappa shape index (κ3) is 4.05. The van der Waals surface area contributed by atoms with Crippen molar-refractivity contribution >= 4 is 50.6 Å². The van der Waals surface area contributed by atoms with Crippen LogP contribution in [0.25, 0.3) is 16.8 Å². The molecule has 4 rings (SSSR count). The number of rotatable bonds is 7. The van der Waals surface area contributed by atoms with Gasteiger partial charge in [0.2, 0.25) is 5.91 Å². The molecule has 2 atom stereocenters. The fourth-order valence-electron chi connectivity index (χ4n) is 3.77.